The minimum Gasteiger partial charge on any atom is -0.471 e. The van der Waals surface area contributed by atoms with Crippen LogP contribution in [0.3, 0.4) is 0 Å². The summed E-state index contributed by atoms with van der Waals surface area (Å²) in [7, 11) is 2.13. The molecule has 7 rings (SSSR count). The Morgan fingerprint density at radius 1 is 1.13 bits per heavy atom. The fourth-order valence-corrected chi connectivity index (χ4v) is 8.76. The first-order valence-electron chi connectivity index (χ1n) is 16.4. The van der Waals surface area contributed by atoms with Crippen LogP contribution in [0.4, 0.5) is 33.5 Å². The molecular weight excluding hydrogens is 621 g/mol. The molecule has 4 atom stereocenters. The predicted octanol–water partition coefficient (Wildman–Crippen LogP) is 5.86. The van der Waals surface area contributed by atoms with Crippen LogP contribution in [0.15, 0.2) is 6.07 Å². The molecule has 1 saturated carbocycles. The molecule has 9 nitrogen and oxygen atoms in total. The normalized spacial score (nSPS) is 27.7. The highest BCUT2D eigenvalue weighted by Crippen LogP contribution is 2.50. The number of halogens is 5. The number of nitrogens with zero attached hydrogens (tertiary/aromatic N) is 5. The molecule has 1 aromatic carbocycles. The smallest absolute Gasteiger partial charge is 0.417 e. The highest BCUT2D eigenvalue weighted by molar-refractivity contribution is 5.98. The van der Waals surface area contributed by atoms with Crippen LogP contribution in [-0.4, -0.2) is 77.4 Å². The number of piperazine rings is 1. The maximum Gasteiger partial charge on any atom is 0.417 e. The lowest BCUT2D eigenvalue weighted by Gasteiger charge is -2.49. The van der Waals surface area contributed by atoms with E-state index in [-0.39, 0.29) is 28.2 Å². The van der Waals surface area contributed by atoms with E-state index < -0.39 is 57.5 Å². The van der Waals surface area contributed by atoms with E-state index in [4.69, 9.17) is 20.2 Å². The van der Waals surface area contributed by atoms with Crippen LogP contribution in [0.5, 0.6) is 11.9 Å². The van der Waals surface area contributed by atoms with E-state index in [0.29, 0.717) is 44.5 Å². The summed E-state index contributed by atoms with van der Waals surface area (Å²) in [4.78, 5) is 18.2. The topological polar surface area (TPSA) is 102 Å². The maximum atomic E-state index is 16.9. The van der Waals surface area contributed by atoms with Crippen molar-refractivity contribution in [1.82, 2.24) is 25.2 Å². The van der Waals surface area contributed by atoms with Gasteiger partial charge in [0, 0.05) is 36.7 Å². The number of nitrogen functional groups attached to an aromatic ring is 1. The molecule has 0 amide bonds. The van der Waals surface area contributed by atoms with Crippen molar-refractivity contribution >= 4 is 22.4 Å². The van der Waals surface area contributed by atoms with Crippen LogP contribution in [0, 0.1) is 24.0 Å². The molecule has 3 aromatic rings. The number of nitrogens with two attached hydrogens (primary N) is 1. The minimum absolute atomic E-state index is 0.0633. The Balaban J connectivity index is 1.45. The molecule has 2 aromatic heterocycles. The second kappa shape index (κ2) is 11.3. The predicted molar refractivity (Wildman–Crippen MR) is 168 cm³/mol. The molecule has 3 aliphatic heterocycles. The monoisotopic (exact) mass is 661 g/mol. The van der Waals surface area contributed by atoms with E-state index in [2.05, 4.69) is 32.1 Å². The van der Waals surface area contributed by atoms with E-state index in [1.807, 2.05) is 13.8 Å². The number of hydrogen-bond acceptors (Lipinski definition) is 9. The summed E-state index contributed by atoms with van der Waals surface area (Å²) in [5.41, 5.74) is 0.717. The fraction of sp³-hybridized carbons (Fsp3) is 0.606. The van der Waals surface area contributed by atoms with Gasteiger partial charge in [-0.25, -0.2) is 13.8 Å². The lowest BCUT2D eigenvalue weighted by atomic mass is 9.76. The first kappa shape index (κ1) is 32.0. The summed E-state index contributed by atoms with van der Waals surface area (Å²) in [5, 5.41) is 3.57. The first-order valence-corrected chi connectivity index (χ1v) is 16.4. The van der Waals surface area contributed by atoms with Gasteiger partial charge in [-0.15, -0.1) is 0 Å². The van der Waals surface area contributed by atoms with Crippen molar-refractivity contribution in [2.24, 2.45) is 5.41 Å². The van der Waals surface area contributed by atoms with Gasteiger partial charge in [-0.1, -0.05) is 13.3 Å². The van der Waals surface area contributed by atoms with Gasteiger partial charge in [0.2, 0.25) is 5.88 Å². The van der Waals surface area contributed by atoms with E-state index in [1.54, 1.807) is 0 Å². The quantitative estimate of drug-likeness (QED) is 0.257. The van der Waals surface area contributed by atoms with Crippen molar-refractivity contribution in [1.29, 1.82) is 0 Å². The number of likely N-dealkylation sites (tertiary alicyclic amines) is 1. The second-order valence-electron chi connectivity index (χ2n) is 13.6. The van der Waals surface area contributed by atoms with Crippen LogP contribution < -0.4 is 25.4 Å². The zero-order chi connectivity index (χ0) is 33.5. The highest BCUT2D eigenvalue weighted by Gasteiger charge is 2.50. The third-order valence-corrected chi connectivity index (χ3v) is 11.2. The van der Waals surface area contributed by atoms with E-state index in [1.165, 1.54) is 0 Å². The number of anilines is 2. The average molecular weight is 662 g/mol. The third-order valence-electron chi connectivity index (χ3n) is 11.2. The number of benzene rings is 1. The second-order valence-corrected chi connectivity index (χ2v) is 13.6. The molecule has 47 heavy (non-hydrogen) atoms. The van der Waals surface area contributed by atoms with Crippen molar-refractivity contribution in [3.8, 4) is 23.1 Å². The van der Waals surface area contributed by atoms with Crippen LogP contribution >= 0.6 is 0 Å². The van der Waals surface area contributed by atoms with E-state index >= 15 is 4.39 Å². The zero-order valence-corrected chi connectivity index (χ0v) is 27.0. The van der Waals surface area contributed by atoms with Crippen molar-refractivity contribution in [2.75, 3.05) is 50.5 Å². The number of ether oxygens (including phenoxy) is 2. The number of alkyl halides is 3. The SMILES string of the molecule is CC[C@]12CNCCN1c1nc(OC[C@@]34CCC[C@@H]3N(C)CCC4)nc3c(F)c(-c4cc(N)c(F)c(C)c4C(F)(F)F)nc(c13)O[C@H]2C. The average Bonchev–Trinajstić information content (AvgIpc) is 3.44. The largest absolute Gasteiger partial charge is 0.471 e. The summed E-state index contributed by atoms with van der Waals surface area (Å²) in [6.45, 7) is 7.85. The fourth-order valence-electron chi connectivity index (χ4n) is 8.76. The number of nitrogens with one attached hydrogen (secondary N) is 1. The molecule has 0 bridgehead atoms. The third kappa shape index (κ3) is 4.88. The number of aromatic nitrogens is 3. The van der Waals surface area contributed by atoms with Gasteiger partial charge in [0.05, 0.1) is 23.4 Å². The molecule has 2 saturated heterocycles. The first-order chi connectivity index (χ1) is 22.3. The summed E-state index contributed by atoms with van der Waals surface area (Å²) in [6, 6.07) is 1.06. The van der Waals surface area contributed by atoms with Gasteiger partial charge in [0.15, 0.2) is 5.82 Å². The number of rotatable bonds is 5. The molecule has 1 aliphatic carbocycles. The summed E-state index contributed by atoms with van der Waals surface area (Å²) >= 11 is 0. The zero-order valence-electron chi connectivity index (χ0n) is 27.0. The van der Waals surface area contributed by atoms with Crippen LogP contribution in [0.2, 0.25) is 0 Å². The van der Waals surface area contributed by atoms with Crippen LogP contribution in [0.25, 0.3) is 22.2 Å². The van der Waals surface area contributed by atoms with E-state index in [9.17, 15) is 17.6 Å². The summed E-state index contributed by atoms with van der Waals surface area (Å²) < 4.78 is 87.8. The molecule has 3 fully saturated rings. The Bertz CT molecular complexity index is 1740. The molecule has 0 radical (unpaired) electrons. The van der Waals surface area contributed by atoms with Crippen LogP contribution in [-0.2, 0) is 6.18 Å². The molecule has 0 unspecified atom stereocenters. The van der Waals surface area contributed by atoms with Crippen molar-refractivity contribution in [3.05, 3.63) is 28.8 Å². The minimum atomic E-state index is -5.03. The molecular formula is C33H40F5N7O2. The Morgan fingerprint density at radius 2 is 1.89 bits per heavy atom. The molecule has 14 heteroatoms. The van der Waals surface area contributed by atoms with Crippen LogP contribution in [0.1, 0.15) is 63.5 Å². The number of fused-ring (bicyclic) bond motifs is 3. The molecule has 5 heterocycles. The van der Waals surface area contributed by atoms with Gasteiger partial charge < -0.3 is 30.3 Å². The molecule has 4 aliphatic rings. The van der Waals surface area contributed by atoms with Gasteiger partial charge in [-0.05, 0) is 71.2 Å². The molecule has 254 valence electrons. The Kier molecular flexibility index (Phi) is 7.69. The maximum absolute atomic E-state index is 16.9. The number of hydrogen-bond donors (Lipinski definition) is 2. The van der Waals surface area contributed by atoms with Gasteiger partial charge in [0.1, 0.15) is 34.3 Å². The van der Waals surface area contributed by atoms with Gasteiger partial charge >= 0.3 is 12.2 Å². The number of pyridine rings is 1. The molecule has 0 spiro atoms. The Hall–Kier alpha value is -3.52. The number of piperidine rings is 1. The van der Waals surface area contributed by atoms with Gasteiger partial charge in [-0.3, -0.25) is 0 Å². The lowest BCUT2D eigenvalue weighted by molar-refractivity contribution is -0.137. The van der Waals surface area contributed by atoms with Gasteiger partial charge in [0.25, 0.3) is 0 Å². The Labute approximate surface area is 270 Å². The standard InChI is InChI=1S/C33H40F5N7O2/c1-5-32-15-40-11-13-45(32)28-22-27(42-30(43-28)46-16-31-9-6-8-21(31)44(4)12-7-10-31)25(35)26(41-29(22)47-18(32)3)19-14-20(39)24(34)17(2)23(19)33(36,37)38/h14,18,21,40H,5-13,15-16,39H2,1-4H3/t18-,21-,31-,32+/m0/s1. The molecule has 3 N–H and O–H groups in total. The van der Waals surface area contributed by atoms with E-state index in [0.717, 1.165) is 51.6 Å². The van der Waals surface area contributed by atoms with Crippen molar-refractivity contribution in [3.63, 3.8) is 0 Å². The highest BCUT2D eigenvalue weighted by atomic mass is 19.4. The summed E-state index contributed by atoms with van der Waals surface area (Å²) in [5.74, 6) is -2.10. The van der Waals surface area contributed by atoms with Crippen molar-refractivity contribution < 1.29 is 31.4 Å². The van der Waals surface area contributed by atoms with Gasteiger partial charge in [-0.2, -0.15) is 23.1 Å². The summed E-state index contributed by atoms with van der Waals surface area (Å²) in [6.07, 6.45) is 0.197. The Morgan fingerprint density at radius 3 is 2.64 bits per heavy atom. The lowest BCUT2D eigenvalue weighted by Crippen LogP contribution is -2.67. The van der Waals surface area contributed by atoms with Crippen molar-refractivity contribution in [2.45, 2.75) is 83.2 Å².